The Morgan fingerprint density at radius 3 is 2.29 bits per heavy atom. The van der Waals surface area contributed by atoms with Crippen LogP contribution in [-0.2, 0) is 9.84 Å². The molecular weight excluding hydrogens is 202 g/mol. The van der Waals surface area contributed by atoms with Gasteiger partial charge in [0.2, 0.25) is 0 Å². The zero-order chi connectivity index (χ0) is 11.2. The van der Waals surface area contributed by atoms with Crippen molar-refractivity contribution < 1.29 is 13.5 Å². The molecule has 0 rings (SSSR count). The zero-order valence-electron chi connectivity index (χ0n) is 9.16. The molecule has 86 valence electrons. The molecule has 0 aliphatic heterocycles. The van der Waals surface area contributed by atoms with Gasteiger partial charge in [0.25, 0.3) is 0 Å². The molecule has 0 aromatic rings. The predicted octanol–water partition coefficient (Wildman–Crippen LogP) is 0.0276. The number of aliphatic hydroxyl groups excluding tert-OH is 1. The summed E-state index contributed by atoms with van der Waals surface area (Å²) in [6.45, 7) is 5.47. The van der Waals surface area contributed by atoms with Crippen molar-refractivity contribution in [2.45, 2.75) is 26.4 Å². The topological polar surface area (TPSA) is 66.4 Å². The van der Waals surface area contributed by atoms with Gasteiger partial charge in [-0.25, -0.2) is 8.42 Å². The van der Waals surface area contributed by atoms with Crippen molar-refractivity contribution in [2.24, 2.45) is 5.92 Å². The molecule has 4 nitrogen and oxygen atoms in total. The second kappa shape index (κ2) is 6.37. The fourth-order valence-corrected chi connectivity index (χ4v) is 1.69. The zero-order valence-corrected chi connectivity index (χ0v) is 9.97. The number of rotatable bonds is 7. The fraction of sp³-hybridized carbons (Fsp3) is 1.00. The Hall–Kier alpha value is -0.130. The third-order valence-electron chi connectivity index (χ3n) is 1.75. The summed E-state index contributed by atoms with van der Waals surface area (Å²) in [6.07, 6.45) is 0.925. The lowest BCUT2D eigenvalue weighted by atomic mass is 10.2. The Morgan fingerprint density at radius 1 is 1.29 bits per heavy atom. The van der Waals surface area contributed by atoms with Crippen molar-refractivity contribution in [3.63, 3.8) is 0 Å². The van der Waals surface area contributed by atoms with Crippen molar-refractivity contribution in [3.8, 4) is 0 Å². The van der Waals surface area contributed by atoms with Gasteiger partial charge in [0, 0.05) is 12.8 Å². The molecule has 0 fully saturated rings. The van der Waals surface area contributed by atoms with Gasteiger partial charge in [0.05, 0.1) is 11.9 Å². The van der Waals surface area contributed by atoms with Crippen molar-refractivity contribution in [1.29, 1.82) is 0 Å². The van der Waals surface area contributed by atoms with E-state index in [-0.39, 0.29) is 5.75 Å². The number of hydrogen-bond donors (Lipinski definition) is 2. The summed E-state index contributed by atoms with van der Waals surface area (Å²) < 4.78 is 21.6. The van der Waals surface area contributed by atoms with Crippen molar-refractivity contribution >= 4 is 9.84 Å². The molecule has 0 aliphatic rings. The summed E-state index contributed by atoms with van der Waals surface area (Å²) >= 11 is 0. The molecule has 2 N–H and O–H groups in total. The highest BCUT2D eigenvalue weighted by molar-refractivity contribution is 7.90. The molecule has 1 atom stereocenters. The minimum absolute atomic E-state index is 0.0531. The molecular formula is C9H21NO3S. The highest BCUT2D eigenvalue weighted by Crippen LogP contribution is 1.95. The van der Waals surface area contributed by atoms with Crippen molar-refractivity contribution in [3.05, 3.63) is 0 Å². The smallest absolute Gasteiger partial charge is 0.147 e. The SMILES string of the molecule is CC(C)CNCC(O)CCS(C)(=O)=O. The van der Waals surface area contributed by atoms with E-state index in [1.54, 1.807) is 0 Å². The Balaban J connectivity index is 3.51. The van der Waals surface area contributed by atoms with Crippen LogP contribution in [0.25, 0.3) is 0 Å². The first-order valence-electron chi connectivity index (χ1n) is 4.88. The van der Waals surface area contributed by atoms with E-state index in [0.717, 1.165) is 6.54 Å². The standard InChI is InChI=1S/C9H21NO3S/c1-8(2)6-10-7-9(11)4-5-14(3,12)13/h8-11H,4-7H2,1-3H3. The minimum Gasteiger partial charge on any atom is -0.392 e. The largest absolute Gasteiger partial charge is 0.392 e. The van der Waals surface area contributed by atoms with Crippen LogP contribution in [0.15, 0.2) is 0 Å². The number of nitrogens with one attached hydrogen (secondary N) is 1. The number of sulfone groups is 1. The van der Waals surface area contributed by atoms with Crippen LogP contribution in [0.3, 0.4) is 0 Å². The third-order valence-corrected chi connectivity index (χ3v) is 2.73. The van der Waals surface area contributed by atoms with Gasteiger partial charge in [-0.15, -0.1) is 0 Å². The minimum atomic E-state index is -2.95. The molecule has 14 heavy (non-hydrogen) atoms. The first-order valence-corrected chi connectivity index (χ1v) is 6.94. The molecule has 0 aromatic heterocycles. The summed E-state index contributed by atoms with van der Waals surface area (Å²) in [6, 6.07) is 0. The average Bonchev–Trinajstić information content (AvgIpc) is 1.99. The van der Waals surface area contributed by atoms with E-state index in [4.69, 9.17) is 0 Å². The van der Waals surface area contributed by atoms with Gasteiger partial charge in [-0.2, -0.15) is 0 Å². The van der Waals surface area contributed by atoms with Crippen LogP contribution in [0, 0.1) is 5.92 Å². The van der Waals surface area contributed by atoms with Gasteiger partial charge in [-0.05, 0) is 18.9 Å². The molecule has 0 heterocycles. The van der Waals surface area contributed by atoms with Crippen LogP contribution < -0.4 is 5.32 Å². The number of aliphatic hydroxyl groups is 1. The third kappa shape index (κ3) is 9.95. The molecule has 0 spiro atoms. The Labute approximate surface area is 86.6 Å². The van der Waals surface area contributed by atoms with Crippen LogP contribution in [0.2, 0.25) is 0 Å². The van der Waals surface area contributed by atoms with E-state index < -0.39 is 15.9 Å². The van der Waals surface area contributed by atoms with Gasteiger partial charge < -0.3 is 10.4 Å². The van der Waals surface area contributed by atoms with Gasteiger partial charge in [-0.3, -0.25) is 0 Å². The molecule has 0 saturated heterocycles. The summed E-state index contributed by atoms with van der Waals surface area (Å²) in [4.78, 5) is 0. The molecule has 5 heteroatoms. The van der Waals surface area contributed by atoms with E-state index in [9.17, 15) is 13.5 Å². The molecule has 0 radical (unpaired) electrons. The van der Waals surface area contributed by atoms with Gasteiger partial charge in [-0.1, -0.05) is 13.8 Å². The summed E-state index contributed by atoms with van der Waals surface area (Å²) in [7, 11) is -2.95. The van der Waals surface area contributed by atoms with E-state index in [1.165, 1.54) is 6.26 Å². The van der Waals surface area contributed by atoms with Crippen molar-refractivity contribution in [2.75, 3.05) is 25.1 Å². The first-order chi connectivity index (χ1) is 6.31. The maximum atomic E-state index is 10.8. The van der Waals surface area contributed by atoms with E-state index in [2.05, 4.69) is 19.2 Å². The summed E-state index contributed by atoms with van der Waals surface area (Å²) in [5.74, 6) is 0.592. The Morgan fingerprint density at radius 2 is 1.86 bits per heavy atom. The lowest BCUT2D eigenvalue weighted by Gasteiger charge is -2.12. The van der Waals surface area contributed by atoms with Gasteiger partial charge in [0.1, 0.15) is 9.84 Å². The first kappa shape index (κ1) is 13.9. The van der Waals surface area contributed by atoms with Crippen molar-refractivity contribution in [1.82, 2.24) is 5.32 Å². The summed E-state index contributed by atoms with van der Waals surface area (Å²) in [5.41, 5.74) is 0. The van der Waals surface area contributed by atoms with E-state index in [0.29, 0.717) is 18.9 Å². The van der Waals surface area contributed by atoms with Crippen LogP contribution in [0.4, 0.5) is 0 Å². The maximum absolute atomic E-state index is 10.8. The molecule has 0 bridgehead atoms. The Bertz CT molecular complexity index is 236. The van der Waals surface area contributed by atoms with Crippen LogP contribution in [-0.4, -0.2) is 44.7 Å². The molecule has 1 unspecified atom stereocenters. The highest BCUT2D eigenvalue weighted by Gasteiger charge is 2.08. The summed E-state index contributed by atoms with van der Waals surface area (Å²) in [5, 5.41) is 12.5. The molecule has 0 aliphatic carbocycles. The monoisotopic (exact) mass is 223 g/mol. The second-order valence-electron chi connectivity index (χ2n) is 4.12. The van der Waals surface area contributed by atoms with Gasteiger partial charge >= 0.3 is 0 Å². The normalized spacial score (nSPS) is 14.6. The number of hydrogen-bond acceptors (Lipinski definition) is 4. The lowest BCUT2D eigenvalue weighted by Crippen LogP contribution is -2.30. The highest BCUT2D eigenvalue weighted by atomic mass is 32.2. The molecule has 0 amide bonds. The Kier molecular flexibility index (Phi) is 6.31. The van der Waals surface area contributed by atoms with Crippen LogP contribution in [0.1, 0.15) is 20.3 Å². The fourth-order valence-electron chi connectivity index (χ4n) is 0.991. The quantitative estimate of drug-likeness (QED) is 0.639. The van der Waals surface area contributed by atoms with Crippen LogP contribution >= 0.6 is 0 Å². The lowest BCUT2D eigenvalue weighted by molar-refractivity contribution is 0.167. The second-order valence-corrected chi connectivity index (χ2v) is 6.38. The van der Waals surface area contributed by atoms with Crippen LogP contribution in [0.5, 0.6) is 0 Å². The molecule has 0 saturated carbocycles. The van der Waals surface area contributed by atoms with Gasteiger partial charge in [0.15, 0.2) is 0 Å². The predicted molar refractivity (Wildman–Crippen MR) is 58.0 cm³/mol. The molecule has 0 aromatic carbocycles. The van der Waals surface area contributed by atoms with E-state index >= 15 is 0 Å². The maximum Gasteiger partial charge on any atom is 0.147 e. The van der Waals surface area contributed by atoms with E-state index in [1.807, 2.05) is 0 Å². The average molecular weight is 223 g/mol.